The maximum Gasteiger partial charge on any atom is 0.152 e. The van der Waals surface area contributed by atoms with Gasteiger partial charge < -0.3 is 4.98 Å². The first kappa shape index (κ1) is 23.7. The summed E-state index contributed by atoms with van der Waals surface area (Å²) in [4.78, 5) is 14.0. The van der Waals surface area contributed by atoms with E-state index in [2.05, 4.69) is 118 Å². The zero-order valence-corrected chi connectivity index (χ0v) is 21.7. The van der Waals surface area contributed by atoms with Crippen LogP contribution in [0, 0.1) is 0 Å². The Bertz CT molecular complexity index is 1420. The third-order valence-corrected chi connectivity index (χ3v) is 6.78. The largest absolute Gasteiger partial charge is 0.336 e. The number of nitrogens with one attached hydrogen (secondary N) is 1. The summed E-state index contributed by atoms with van der Waals surface area (Å²) in [6, 6.07) is 31.9. The molecule has 0 atom stereocenters. The normalized spacial score (nSPS) is 12.1. The Morgan fingerprint density at radius 3 is 1.75 bits per heavy atom. The molecule has 0 spiro atoms. The van der Waals surface area contributed by atoms with Gasteiger partial charge >= 0.3 is 0 Å². The van der Waals surface area contributed by atoms with Gasteiger partial charge in [-0.05, 0) is 41.0 Å². The highest BCUT2D eigenvalue weighted by atomic mass is 15.0. The SMILES string of the molecule is C/C(=N\c1c(C(C)C)cccc1C(C)C)c1nc2c(-c3ccccc3)ccc(-c3ccccc3)c2[nH]1. The molecule has 0 aliphatic carbocycles. The Morgan fingerprint density at radius 1 is 0.667 bits per heavy atom. The number of para-hydroxylation sites is 1. The molecule has 4 aromatic carbocycles. The first-order valence-corrected chi connectivity index (χ1v) is 12.8. The predicted molar refractivity (Wildman–Crippen MR) is 153 cm³/mol. The van der Waals surface area contributed by atoms with E-state index < -0.39 is 0 Å². The minimum atomic E-state index is 0.389. The topological polar surface area (TPSA) is 41.0 Å². The zero-order valence-electron chi connectivity index (χ0n) is 21.7. The average molecular weight is 472 g/mol. The molecular formula is C33H33N3. The van der Waals surface area contributed by atoms with E-state index in [4.69, 9.17) is 9.98 Å². The van der Waals surface area contributed by atoms with Gasteiger partial charge in [0.25, 0.3) is 0 Å². The van der Waals surface area contributed by atoms with Crippen LogP contribution in [0.25, 0.3) is 33.3 Å². The van der Waals surface area contributed by atoms with Crippen LogP contribution in [0.3, 0.4) is 0 Å². The van der Waals surface area contributed by atoms with E-state index in [0.717, 1.165) is 44.9 Å². The number of fused-ring (bicyclic) bond motifs is 1. The summed E-state index contributed by atoms with van der Waals surface area (Å²) in [5, 5.41) is 0. The summed E-state index contributed by atoms with van der Waals surface area (Å²) in [5.41, 5.74) is 11.1. The molecule has 3 heteroatoms. The highest BCUT2D eigenvalue weighted by Gasteiger charge is 2.18. The highest BCUT2D eigenvalue weighted by molar-refractivity contribution is 6.06. The number of H-pyrrole nitrogens is 1. The highest BCUT2D eigenvalue weighted by Crippen LogP contribution is 2.37. The van der Waals surface area contributed by atoms with Crippen molar-refractivity contribution in [1.82, 2.24) is 9.97 Å². The van der Waals surface area contributed by atoms with Crippen molar-refractivity contribution in [1.29, 1.82) is 0 Å². The van der Waals surface area contributed by atoms with Crippen LogP contribution in [0.5, 0.6) is 0 Å². The number of benzene rings is 4. The van der Waals surface area contributed by atoms with Gasteiger partial charge in [0.05, 0.1) is 22.4 Å². The number of hydrogen-bond acceptors (Lipinski definition) is 2. The third-order valence-electron chi connectivity index (χ3n) is 6.78. The molecule has 0 fully saturated rings. The van der Waals surface area contributed by atoms with E-state index in [-0.39, 0.29) is 0 Å². The van der Waals surface area contributed by atoms with Crippen molar-refractivity contribution in [2.24, 2.45) is 4.99 Å². The molecule has 0 saturated heterocycles. The van der Waals surface area contributed by atoms with Gasteiger partial charge in [-0.15, -0.1) is 0 Å². The predicted octanol–water partition coefficient (Wildman–Crippen LogP) is 9.28. The second kappa shape index (κ2) is 9.94. The van der Waals surface area contributed by atoms with Gasteiger partial charge in [0.2, 0.25) is 0 Å². The first-order chi connectivity index (χ1) is 17.4. The molecule has 36 heavy (non-hydrogen) atoms. The fourth-order valence-corrected chi connectivity index (χ4v) is 4.83. The lowest BCUT2D eigenvalue weighted by Gasteiger charge is -2.16. The summed E-state index contributed by atoms with van der Waals surface area (Å²) >= 11 is 0. The second-order valence-corrected chi connectivity index (χ2v) is 9.99. The molecule has 5 rings (SSSR count). The lowest BCUT2D eigenvalue weighted by molar-refractivity contribution is 0.834. The fourth-order valence-electron chi connectivity index (χ4n) is 4.83. The van der Waals surface area contributed by atoms with Crippen molar-refractivity contribution in [3.05, 3.63) is 108 Å². The third kappa shape index (κ3) is 4.49. The van der Waals surface area contributed by atoms with Gasteiger partial charge in [0, 0.05) is 11.1 Å². The lowest BCUT2D eigenvalue weighted by atomic mass is 9.93. The number of aromatic nitrogens is 2. The second-order valence-electron chi connectivity index (χ2n) is 9.99. The van der Waals surface area contributed by atoms with E-state index in [1.807, 2.05) is 12.1 Å². The molecule has 1 heterocycles. The lowest BCUT2D eigenvalue weighted by Crippen LogP contribution is -2.01. The van der Waals surface area contributed by atoms with Crippen molar-refractivity contribution in [3.8, 4) is 22.3 Å². The molecule has 0 unspecified atom stereocenters. The van der Waals surface area contributed by atoms with E-state index >= 15 is 0 Å². The van der Waals surface area contributed by atoms with Gasteiger partial charge in [-0.1, -0.05) is 119 Å². The van der Waals surface area contributed by atoms with E-state index in [9.17, 15) is 0 Å². The Hall–Kier alpha value is -3.98. The van der Waals surface area contributed by atoms with Gasteiger partial charge in [0.15, 0.2) is 5.82 Å². The fraction of sp³-hybridized carbons (Fsp3) is 0.212. The molecule has 180 valence electrons. The molecule has 0 radical (unpaired) electrons. The smallest absolute Gasteiger partial charge is 0.152 e. The van der Waals surface area contributed by atoms with Crippen LogP contribution in [0.4, 0.5) is 5.69 Å². The summed E-state index contributed by atoms with van der Waals surface area (Å²) in [5.74, 6) is 1.58. The number of nitrogens with zero attached hydrogens (tertiary/aromatic N) is 2. The molecule has 0 amide bonds. The standard InChI is InChI=1S/C33H33N3/c1-21(2)26-17-12-18-27(22(3)4)30(26)34-23(5)33-35-31-28(24-13-8-6-9-14-24)19-20-29(32(31)36-33)25-15-10-7-11-16-25/h6-22H,1-5H3,(H,35,36)/b34-23+. The first-order valence-electron chi connectivity index (χ1n) is 12.8. The van der Waals surface area contributed by atoms with Crippen LogP contribution < -0.4 is 0 Å². The van der Waals surface area contributed by atoms with Crippen molar-refractivity contribution < 1.29 is 0 Å². The minimum absolute atomic E-state index is 0.389. The molecule has 0 aliphatic rings. The maximum atomic E-state index is 5.19. The molecule has 1 aromatic heterocycles. The average Bonchev–Trinajstić information content (AvgIpc) is 3.35. The van der Waals surface area contributed by atoms with E-state index in [0.29, 0.717) is 11.8 Å². The maximum absolute atomic E-state index is 5.19. The Labute approximate surface area is 214 Å². The number of imidazole rings is 1. The molecule has 3 nitrogen and oxygen atoms in total. The van der Waals surface area contributed by atoms with Crippen LogP contribution in [-0.2, 0) is 0 Å². The molecule has 5 aromatic rings. The summed E-state index contributed by atoms with van der Waals surface area (Å²) in [6.07, 6.45) is 0. The number of hydrogen-bond donors (Lipinski definition) is 1. The van der Waals surface area contributed by atoms with Gasteiger partial charge in [-0.25, -0.2) is 9.98 Å². The van der Waals surface area contributed by atoms with E-state index in [1.54, 1.807) is 0 Å². The summed E-state index contributed by atoms with van der Waals surface area (Å²) in [7, 11) is 0. The van der Waals surface area contributed by atoms with Gasteiger partial charge in [0.1, 0.15) is 0 Å². The monoisotopic (exact) mass is 471 g/mol. The van der Waals surface area contributed by atoms with E-state index in [1.165, 1.54) is 16.7 Å². The Kier molecular flexibility index (Phi) is 6.56. The molecule has 1 N–H and O–H groups in total. The van der Waals surface area contributed by atoms with Crippen LogP contribution in [0.15, 0.2) is 96.0 Å². The zero-order chi connectivity index (χ0) is 25.2. The minimum Gasteiger partial charge on any atom is -0.336 e. The van der Waals surface area contributed by atoms with Gasteiger partial charge in [-0.2, -0.15) is 0 Å². The van der Waals surface area contributed by atoms with Crippen molar-refractivity contribution >= 4 is 22.4 Å². The molecule has 0 bridgehead atoms. The summed E-state index contributed by atoms with van der Waals surface area (Å²) < 4.78 is 0. The number of rotatable bonds is 6. The van der Waals surface area contributed by atoms with Gasteiger partial charge in [-0.3, -0.25) is 0 Å². The molecular weight excluding hydrogens is 438 g/mol. The van der Waals surface area contributed by atoms with Crippen LogP contribution in [-0.4, -0.2) is 15.7 Å². The van der Waals surface area contributed by atoms with Crippen LogP contribution in [0.1, 0.15) is 63.4 Å². The van der Waals surface area contributed by atoms with Crippen LogP contribution >= 0.6 is 0 Å². The van der Waals surface area contributed by atoms with Crippen LogP contribution in [0.2, 0.25) is 0 Å². The van der Waals surface area contributed by atoms with Crippen molar-refractivity contribution in [2.75, 3.05) is 0 Å². The Morgan fingerprint density at radius 2 is 1.19 bits per heavy atom. The van der Waals surface area contributed by atoms with Crippen molar-refractivity contribution in [3.63, 3.8) is 0 Å². The summed E-state index contributed by atoms with van der Waals surface area (Å²) in [6.45, 7) is 11.0. The Balaban J connectivity index is 1.72. The number of aromatic amines is 1. The van der Waals surface area contributed by atoms with Crippen molar-refractivity contribution in [2.45, 2.75) is 46.5 Å². The number of aliphatic imine (C=N–C) groups is 1. The molecule has 0 saturated carbocycles. The molecule has 0 aliphatic heterocycles. The quantitative estimate of drug-likeness (QED) is 0.246.